The summed E-state index contributed by atoms with van der Waals surface area (Å²) in [5.74, 6) is 1.31. The van der Waals surface area contributed by atoms with Crippen molar-refractivity contribution in [1.29, 1.82) is 0 Å². The normalized spacial score (nSPS) is 10.3. The minimum Gasteiger partial charge on any atom is -0.410 e. The van der Waals surface area contributed by atoms with Gasteiger partial charge in [0.05, 0.1) is 4.88 Å². The van der Waals surface area contributed by atoms with E-state index < -0.39 is 6.09 Å². The van der Waals surface area contributed by atoms with Gasteiger partial charge in [0.2, 0.25) is 11.7 Å². The Hall–Kier alpha value is -2.67. The first-order chi connectivity index (χ1) is 10.3. The number of nitrogens with zero attached hydrogens (tertiary/aromatic N) is 2. The first-order valence-corrected chi connectivity index (χ1v) is 7.06. The van der Waals surface area contributed by atoms with Crippen molar-refractivity contribution in [3.05, 3.63) is 53.7 Å². The fourth-order valence-electron chi connectivity index (χ4n) is 1.61. The largest absolute Gasteiger partial charge is 0.413 e. The molecule has 1 aromatic carbocycles. The SMILES string of the molecule is O=C(NCc1nc(-c2cccs2)no1)Oc1ccccc1. The molecule has 21 heavy (non-hydrogen) atoms. The Bertz CT molecular complexity index is 710. The number of ether oxygens (including phenoxy) is 1. The molecule has 0 aliphatic heterocycles. The number of aromatic nitrogens is 2. The number of amides is 1. The standard InChI is InChI=1S/C14H11N3O3S/c18-14(19-10-5-2-1-3-6-10)15-9-12-16-13(17-20-12)11-7-4-8-21-11/h1-8H,9H2,(H,15,18). The van der Waals surface area contributed by atoms with Gasteiger partial charge in [-0.1, -0.05) is 29.4 Å². The molecule has 0 saturated carbocycles. The van der Waals surface area contributed by atoms with Crippen LogP contribution in [-0.2, 0) is 6.54 Å². The molecule has 0 atom stereocenters. The highest BCUT2D eigenvalue weighted by molar-refractivity contribution is 7.13. The van der Waals surface area contributed by atoms with Gasteiger partial charge in [-0.2, -0.15) is 4.98 Å². The van der Waals surface area contributed by atoms with E-state index in [1.807, 2.05) is 23.6 Å². The summed E-state index contributed by atoms with van der Waals surface area (Å²) in [5, 5.41) is 8.34. The molecule has 0 radical (unpaired) electrons. The molecule has 0 aliphatic rings. The van der Waals surface area contributed by atoms with E-state index in [0.717, 1.165) is 4.88 Å². The first-order valence-electron chi connectivity index (χ1n) is 6.18. The number of carbonyl (C=O) groups excluding carboxylic acids is 1. The van der Waals surface area contributed by atoms with Crippen LogP contribution >= 0.6 is 11.3 Å². The number of para-hydroxylation sites is 1. The quantitative estimate of drug-likeness (QED) is 0.801. The van der Waals surface area contributed by atoms with Gasteiger partial charge < -0.3 is 14.6 Å². The van der Waals surface area contributed by atoms with Crippen LogP contribution in [0.1, 0.15) is 5.89 Å². The summed E-state index contributed by atoms with van der Waals surface area (Å²) in [6.07, 6.45) is -0.572. The van der Waals surface area contributed by atoms with E-state index in [2.05, 4.69) is 15.5 Å². The van der Waals surface area contributed by atoms with Gasteiger partial charge in [0.25, 0.3) is 0 Å². The molecule has 1 amide bonds. The second kappa shape index (κ2) is 6.19. The van der Waals surface area contributed by atoms with Crippen LogP contribution in [0, 0.1) is 0 Å². The van der Waals surface area contributed by atoms with Gasteiger partial charge in [-0.05, 0) is 23.6 Å². The molecule has 2 heterocycles. The highest BCUT2D eigenvalue weighted by Crippen LogP contribution is 2.21. The van der Waals surface area contributed by atoms with Crippen molar-refractivity contribution in [2.45, 2.75) is 6.54 Å². The van der Waals surface area contributed by atoms with Crippen LogP contribution in [0.3, 0.4) is 0 Å². The fourth-order valence-corrected chi connectivity index (χ4v) is 2.26. The third-order valence-corrected chi connectivity index (χ3v) is 3.41. The van der Waals surface area contributed by atoms with Crippen molar-refractivity contribution < 1.29 is 14.1 Å². The van der Waals surface area contributed by atoms with Crippen molar-refractivity contribution in [3.8, 4) is 16.5 Å². The Morgan fingerprint density at radius 1 is 1.24 bits per heavy atom. The molecule has 3 aromatic rings. The van der Waals surface area contributed by atoms with Gasteiger partial charge >= 0.3 is 6.09 Å². The minimum absolute atomic E-state index is 0.115. The number of thiophene rings is 1. The third-order valence-electron chi connectivity index (χ3n) is 2.55. The predicted octanol–water partition coefficient (Wildman–Crippen LogP) is 3.09. The van der Waals surface area contributed by atoms with E-state index in [4.69, 9.17) is 9.26 Å². The van der Waals surface area contributed by atoms with Gasteiger partial charge in [-0.25, -0.2) is 4.79 Å². The smallest absolute Gasteiger partial charge is 0.410 e. The van der Waals surface area contributed by atoms with E-state index in [1.165, 1.54) is 11.3 Å². The summed E-state index contributed by atoms with van der Waals surface area (Å²) >= 11 is 1.52. The van der Waals surface area contributed by atoms with Crippen molar-refractivity contribution >= 4 is 17.4 Å². The second-order valence-corrected chi connectivity index (χ2v) is 4.99. The van der Waals surface area contributed by atoms with E-state index >= 15 is 0 Å². The summed E-state index contributed by atoms with van der Waals surface area (Å²) in [5.41, 5.74) is 0. The van der Waals surface area contributed by atoms with Crippen LogP contribution in [-0.4, -0.2) is 16.2 Å². The Labute approximate surface area is 124 Å². The van der Waals surface area contributed by atoms with Crippen molar-refractivity contribution in [2.75, 3.05) is 0 Å². The van der Waals surface area contributed by atoms with Crippen LogP contribution in [0.25, 0.3) is 10.7 Å². The maximum absolute atomic E-state index is 11.6. The summed E-state index contributed by atoms with van der Waals surface area (Å²) in [4.78, 5) is 16.7. The van der Waals surface area contributed by atoms with E-state index in [1.54, 1.807) is 24.3 Å². The Balaban J connectivity index is 1.54. The monoisotopic (exact) mass is 301 g/mol. The summed E-state index contributed by atoms with van der Waals surface area (Å²) < 4.78 is 10.1. The maximum Gasteiger partial charge on any atom is 0.413 e. The van der Waals surface area contributed by atoms with Gasteiger partial charge in [0, 0.05) is 0 Å². The lowest BCUT2D eigenvalue weighted by Gasteiger charge is -2.03. The fraction of sp³-hybridized carbons (Fsp3) is 0.0714. The van der Waals surface area contributed by atoms with E-state index in [9.17, 15) is 4.79 Å². The lowest BCUT2D eigenvalue weighted by Crippen LogP contribution is -2.26. The zero-order valence-corrected chi connectivity index (χ0v) is 11.7. The number of rotatable bonds is 4. The van der Waals surface area contributed by atoms with Crippen LogP contribution in [0.5, 0.6) is 5.75 Å². The maximum atomic E-state index is 11.6. The average molecular weight is 301 g/mol. The van der Waals surface area contributed by atoms with Crippen molar-refractivity contribution in [2.24, 2.45) is 0 Å². The molecular formula is C14H11N3O3S. The molecule has 0 saturated heterocycles. The van der Waals surface area contributed by atoms with Gasteiger partial charge in [0.1, 0.15) is 12.3 Å². The molecule has 106 valence electrons. The summed E-state index contributed by atoms with van der Waals surface area (Å²) in [6.45, 7) is 0.115. The molecule has 0 unspecified atom stereocenters. The minimum atomic E-state index is -0.572. The third kappa shape index (κ3) is 3.46. The van der Waals surface area contributed by atoms with Gasteiger partial charge in [-0.15, -0.1) is 11.3 Å². The molecule has 0 fully saturated rings. The number of benzene rings is 1. The van der Waals surface area contributed by atoms with Crippen LogP contribution < -0.4 is 10.1 Å². The van der Waals surface area contributed by atoms with Crippen LogP contribution in [0.15, 0.2) is 52.4 Å². The van der Waals surface area contributed by atoms with Crippen LogP contribution in [0.4, 0.5) is 4.79 Å². The molecular weight excluding hydrogens is 290 g/mol. The van der Waals surface area contributed by atoms with E-state index in [-0.39, 0.29) is 6.54 Å². The Morgan fingerprint density at radius 3 is 2.86 bits per heavy atom. The van der Waals surface area contributed by atoms with E-state index in [0.29, 0.717) is 17.5 Å². The number of nitrogens with one attached hydrogen (secondary N) is 1. The zero-order valence-electron chi connectivity index (χ0n) is 10.9. The van der Waals surface area contributed by atoms with Gasteiger partial charge in [-0.3, -0.25) is 0 Å². The average Bonchev–Trinajstić information content (AvgIpc) is 3.17. The zero-order chi connectivity index (χ0) is 14.5. The van der Waals surface area contributed by atoms with Crippen molar-refractivity contribution in [3.63, 3.8) is 0 Å². The number of hydrogen-bond donors (Lipinski definition) is 1. The molecule has 6 nitrogen and oxygen atoms in total. The van der Waals surface area contributed by atoms with Crippen LogP contribution in [0.2, 0.25) is 0 Å². The molecule has 0 spiro atoms. The number of carbonyl (C=O) groups is 1. The first kappa shape index (κ1) is 13.3. The topological polar surface area (TPSA) is 77.3 Å². The number of hydrogen-bond acceptors (Lipinski definition) is 6. The predicted molar refractivity (Wildman–Crippen MR) is 76.9 cm³/mol. The Morgan fingerprint density at radius 2 is 2.10 bits per heavy atom. The summed E-state index contributed by atoms with van der Waals surface area (Å²) in [6, 6.07) is 12.6. The summed E-state index contributed by atoms with van der Waals surface area (Å²) in [7, 11) is 0. The highest BCUT2D eigenvalue weighted by Gasteiger charge is 2.11. The molecule has 7 heteroatoms. The molecule has 1 N–H and O–H groups in total. The lowest BCUT2D eigenvalue weighted by molar-refractivity contribution is 0.198. The molecule has 2 aromatic heterocycles. The Kier molecular flexibility index (Phi) is 3.92. The second-order valence-electron chi connectivity index (χ2n) is 4.05. The van der Waals surface area contributed by atoms with Gasteiger partial charge in [0.15, 0.2) is 0 Å². The molecule has 0 bridgehead atoms. The lowest BCUT2D eigenvalue weighted by atomic mass is 10.3. The molecule has 0 aliphatic carbocycles. The highest BCUT2D eigenvalue weighted by atomic mass is 32.1. The molecule has 3 rings (SSSR count). The van der Waals surface area contributed by atoms with Crippen molar-refractivity contribution in [1.82, 2.24) is 15.5 Å².